The van der Waals surface area contributed by atoms with Gasteiger partial charge >= 0.3 is 0 Å². The van der Waals surface area contributed by atoms with E-state index in [9.17, 15) is 0 Å². The fourth-order valence-corrected chi connectivity index (χ4v) is 1.35. The van der Waals surface area contributed by atoms with Gasteiger partial charge in [-0.15, -0.1) is 0 Å². The molecule has 0 amide bonds. The van der Waals surface area contributed by atoms with E-state index in [0.29, 0.717) is 0 Å². The number of hydrogen-bond acceptors (Lipinski definition) is 0. The Labute approximate surface area is 94.8 Å². The van der Waals surface area contributed by atoms with Gasteiger partial charge in [-0.05, 0) is 24.0 Å². The Hall–Kier alpha value is -0.720. The Morgan fingerprint density at radius 3 is 1.43 bits per heavy atom. The maximum Gasteiger partial charge on any atom is 0.000580 e. The molecule has 0 saturated heterocycles. The maximum atomic E-state index is 5.45. The van der Waals surface area contributed by atoms with Crippen molar-refractivity contribution in [3.05, 3.63) is 58.6 Å². The van der Waals surface area contributed by atoms with E-state index in [2.05, 4.69) is 24.3 Å². The van der Waals surface area contributed by atoms with Crippen LogP contribution in [0.5, 0.6) is 0 Å². The third kappa shape index (κ3) is 3.99. The van der Waals surface area contributed by atoms with Crippen LogP contribution in [0.4, 0.5) is 0 Å². The lowest BCUT2D eigenvalue weighted by atomic mass is 10.1. The average Bonchev–Trinajstić information content (AvgIpc) is 2.25. The number of allylic oxidation sites excluding steroid dienone is 2. The Bertz CT molecular complexity index is 277. The predicted octanol–water partition coefficient (Wildman–Crippen LogP) is 4.28. The smallest absolute Gasteiger partial charge is 0.000580 e. The molecule has 0 bridgehead atoms. The summed E-state index contributed by atoms with van der Waals surface area (Å²) in [4.78, 5) is 0. The van der Waals surface area contributed by atoms with Gasteiger partial charge in [-0.25, -0.2) is 0 Å². The van der Waals surface area contributed by atoms with E-state index in [4.69, 9.17) is 23.2 Å². The highest BCUT2D eigenvalue weighted by Crippen LogP contribution is 2.07. The molecule has 74 valence electrons. The number of halogens is 2. The Morgan fingerprint density at radius 1 is 0.786 bits per heavy atom. The summed E-state index contributed by atoms with van der Waals surface area (Å²) in [5.74, 6) is 0. The summed E-state index contributed by atoms with van der Waals surface area (Å²) in [6.45, 7) is 0. The van der Waals surface area contributed by atoms with Gasteiger partial charge in [0.25, 0.3) is 0 Å². The summed E-state index contributed by atoms with van der Waals surface area (Å²) in [6.07, 6.45) is 5.62. The SMILES string of the molecule is ClC=CCc1ccc(CC=CCl)cc1. The first-order valence-electron chi connectivity index (χ1n) is 4.45. The second-order valence-electron chi connectivity index (χ2n) is 2.95. The van der Waals surface area contributed by atoms with Crippen molar-refractivity contribution < 1.29 is 0 Å². The van der Waals surface area contributed by atoms with Crippen molar-refractivity contribution in [2.75, 3.05) is 0 Å². The molecule has 1 aromatic rings. The molecular weight excluding hydrogens is 215 g/mol. The van der Waals surface area contributed by atoms with Crippen LogP contribution in [0.25, 0.3) is 0 Å². The molecule has 1 aromatic carbocycles. The van der Waals surface area contributed by atoms with E-state index in [0.717, 1.165) is 12.8 Å². The molecule has 0 heterocycles. The fourth-order valence-electron chi connectivity index (χ4n) is 1.17. The maximum absolute atomic E-state index is 5.45. The van der Waals surface area contributed by atoms with Gasteiger partial charge in [0.05, 0.1) is 0 Å². The van der Waals surface area contributed by atoms with Crippen LogP contribution in [0.1, 0.15) is 11.1 Å². The second kappa shape index (κ2) is 6.69. The molecule has 0 spiro atoms. The summed E-state index contributed by atoms with van der Waals surface area (Å²) in [5.41, 5.74) is 5.62. The third-order valence-electron chi connectivity index (χ3n) is 1.91. The van der Waals surface area contributed by atoms with Crippen LogP contribution in [0.2, 0.25) is 0 Å². The molecule has 0 aromatic heterocycles. The molecule has 2 heteroatoms. The number of benzene rings is 1. The molecule has 0 N–H and O–H groups in total. The monoisotopic (exact) mass is 226 g/mol. The molecule has 0 unspecified atom stereocenters. The van der Waals surface area contributed by atoms with Gasteiger partial charge in [0.2, 0.25) is 0 Å². The Kier molecular flexibility index (Phi) is 5.43. The van der Waals surface area contributed by atoms with Crippen molar-refractivity contribution in [1.29, 1.82) is 0 Å². The van der Waals surface area contributed by atoms with E-state index >= 15 is 0 Å². The van der Waals surface area contributed by atoms with Crippen molar-refractivity contribution in [2.45, 2.75) is 12.8 Å². The summed E-state index contributed by atoms with van der Waals surface area (Å²) in [7, 11) is 0. The summed E-state index contributed by atoms with van der Waals surface area (Å²) in [6, 6.07) is 8.42. The highest BCUT2D eigenvalue weighted by Gasteiger charge is 1.91. The summed E-state index contributed by atoms with van der Waals surface area (Å²) < 4.78 is 0. The molecule has 1 rings (SSSR count). The minimum absolute atomic E-state index is 0.884. The van der Waals surface area contributed by atoms with Crippen LogP contribution < -0.4 is 0 Å². The molecule has 0 nitrogen and oxygen atoms in total. The van der Waals surface area contributed by atoms with Gasteiger partial charge in [-0.3, -0.25) is 0 Å². The molecule has 14 heavy (non-hydrogen) atoms. The van der Waals surface area contributed by atoms with Gasteiger partial charge in [-0.2, -0.15) is 0 Å². The molecule has 0 aliphatic rings. The van der Waals surface area contributed by atoms with Crippen LogP contribution >= 0.6 is 23.2 Å². The van der Waals surface area contributed by atoms with E-state index in [1.165, 1.54) is 11.1 Å². The van der Waals surface area contributed by atoms with E-state index in [1.807, 2.05) is 12.2 Å². The standard InChI is InChI=1S/C12H12Cl2/c13-9-1-3-11-5-7-12(8-6-11)4-2-10-14/h1-2,5-10H,3-4H2. The van der Waals surface area contributed by atoms with E-state index < -0.39 is 0 Å². The lowest BCUT2D eigenvalue weighted by Crippen LogP contribution is -1.84. The highest BCUT2D eigenvalue weighted by molar-refractivity contribution is 6.25. The van der Waals surface area contributed by atoms with Gasteiger partial charge < -0.3 is 0 Å². The lowest BCUT2D eigenvalue weighted by molar-refractivity contribution is 1.22. The van der Waals surface area contributed by atoms with Gasteiger partial charge in [0, 0.05) is 11.1 Å². The third-order valence-corrected chi connectivity index (χ3v) is 2.26. The normalized spacial score (nSPS) is 11.6. The fraction of sp³-hybridized carbons (Fsp3) is 0.167. The van der Waals surface area contributed by atoms with Crippen molar-refractivity contribution in [3.63, 3.8) is 0 Å². The molecule has 0 radical (unpaired) electrons. The highest BCUT2D eigenvalue weighted by atomic mass is 35.5. The molecular formula is C12H12Cl2. The number of rotatable bonds is 4. The first-order valence-corrected chi connectivity index (χ1v) is 5.32. The molecule has 0 fully saturated rings. The predicted molar refractivity (Wildman–Crippen MR) is 63.8 cm³/mol. The van der Waals surface area contributed by atoms with Crippen LogP contribution in [0.3, 0.4) is 0 Å². The molecule has 0 atom stereocenters. The molecule has 0 saturated carbocycles. The zero-order chi connectivity index (χ0) is 10.2. The van der Waals surface area contributed by atoms with Crippen molar-refractivity contribution >= 4 is 23.2 Å². The van der Waals surface area contributed by atoms with Crippen LogP contribution in [-0.4, -0.2) is 0 Å². The van der Waals surface area contributed by atoms with E-state index in [1.54, 1.807) is 11.1 Å². The largest absolute Gasteiger partial charge is 0.0933 e. The molecule has 0 aliphatic carbocycles. The second-order valence-corrected chi connectivity index (χ2v) is 3.45. The first-order chi connectivity index (χ1) is 6.86. The van der Waals surface area contributed by atoms with Crippen LogP contribution in [0.15, 0.2) is 47.5 Å². The Morgan fingerprint density at radius 2 is 1.14 bits per heavy atom. The minimum atomic E-state index is 0.884. The Balaban J connectivity index is 2.58. The number of hydrogen-bond donors (Lipinski definition) is 0. The topological polar surface area (TPSA) is 0 Å². The first kappa shape index (κ1) is 11.4. The quantitative estimate of drug-likeness (QED) is 0.720. The van der Waals surface area contributed by atoms with Gasteiger partial charge in [0.15, 0.2) is 0 Å². The average molecular weight is 227 g/mol. The van der Waals surface area contributed by atoms with Crippen molar-refractivity contribution in [1.82, 2.24) is 0 Å². The van der Waals surface area contributed by atoms with Crippen molar-refractivity contribution in [2.24, 2.45) is 0 Å². The zero-order valence-corrected chi connectivity index (χ0v) is 9.30. The summed E-state index contributed by atoms with van der Waals surface area (Å²) in [5, 5.41) is 0. The van der Waals surface area contributed by atoms with Gasteiger partial charge in [-0.1, -0.05) is 59.6 Å². The zero-order valence-electron chi connectivity index (χ0n) is 7.79. The lowest BCUT2D eigenvalue weighted by Gasteiger charge is -1.99. The van der Waals surface area contributed by atoms with Gasteiger partial charge in [0.1, 0.15) is 0 Å². The minimum Gasteiger partial charge on any atom is -0.0933 e. The van der Waals surface area contributed by atoms with Crippen LogP contribution in [-0.2, 0) is 12.8 Å². The van der Waals surface area contributed by atoms with E-state index in [-0.39, 0.29) is 0 Å². The van der Waals surface area contributed by atoms with Crippen molar-refractivity contribution in [3.8, 4) is 0 Å². The summed E-state index contributed by atoms with van der Waals surface area (Å²) >= 11 is 10.9. The van der Waals surface area contributed by atoms with Crippen LogP contribution in [0, 0.1) is 0 Å². The molecule has 0 aliphatic heterocycles.